The van der Waals surface area contributed by atoms with Gasteiger partial charge < -0.3 is 4.74 Å². The molecule has 2 heteroatoms. The minimum Gasteiger partial charge on any atom is -0.378 e. The summed E-state index contributed by atoms with van der Waals surface area (Å²) >= 11 is 4.57. The van der Waals surface area contributed by atoms with E-state index in [2.05, 4.69) is 43.8 Å². The number of aryl methyl sites for hydroxylation is 1. The zero-order chi connectivity index (χ0) is 8.60. The van der Waals surface area contributed by atoms with E-state index in [0.29, 0.717) is 0 Å². The zero-order valence-electron chi connectivity index (χ0n) is 7.08. The first-order chi connectivity index (χ1) is 5.71. The molecule has 1 aliphatic rings. The van der Waals surface area contributed by atoms with Crippen LogP contribution in [0.1, 0.15) is 11.1 Å². The predicted octanol–water partition coefficient (Wildman–Crippen LogP) is 2.15. The van der Waals surface area contributed by atoms with Gasteiger partial charge in [-0.2, -0.15) is 12.6 Å². The van der Waals surface area contributed by atoms with Gasteiger partial charge in [-0.25, -0.2) is 0 Å². The SMILES string of the molecule is Cc1ccc(C2(S)COC2)cc1. The lowest BCUT2D eigenvalue weighted by Crippen LogP contribution is -2.41. The molecule has 1 heterocycles. The highest BCUT2D eigenvalue weighted by Crippen LogP contribution is 2.35. The normalized spacial score (nSPS) is 20.2. The first-order valence-electron chi connectivity index (χ1n) is 4.08. The largest absolute Gasteiger partial charge is 0.378 e. The molecule has 1 fully saturated rings. The smallest absolute Gasteiger partial charge is 0.0844 e. The van der Waals surface area contributed by atoms with Crippen LogP contribution < -0.4 is 0 Å². The molecule has 0 unspecified atom stereocenters. The second-order valence-electron chi connectivity index (χ2n) is 3.39. The van der Waals surface area contributed by atoms with E-state index in [1.54, 1.807) is 0 Å². The lowest BCUT2D eigenvalue weighted by atomic mass is 9.96. The molecule has 1 aliphatic heterocycles. The molecule has 0 atom stereocenters. The topological polar surface area (TPSA) is 9.23 Å². The van der Waals surface area contributed by atoms with Gasteiger partial charge in [0.25, 0.3) is 0 Å². The summed E-state index contributed by atoms with van der Waals surface area (Å²) in [6.45, 7) is 3.56. The van der Waals surface area contributed by atoms with Gasteiger partial charge in [-0.3, -0.25) is 0 Å². The standard InChI is InChI=1S/C10H12OS/c1-8-2-4-9(5-3-8)10(12)6-11-7-10/h2-5,12H,6-7H2,1H3. The van der Waals surface area contributed by atoms with Crippen LogP contribution in [0, 0.1) is 6.92 Å². The zero-order valence-corrected chi connectivity index (χ0v) is 7.97. The van der Waals surface area contributed by atoms with Crippen LogP contribution in [-0.2, 0) is 9.48 Å². The van der Waals surface area contributed by atoms with Crippen LogP contribution in [0.2, 0.25) is 0 Å². The van der Waals surface area contributed by atoms with Crippen molar-refractivity contribution in [3.63, 3.8) is 0 Å². The minimum absolute atomic E-state index is 0.0201. The van der Waals surface area contributed by atoms with Crippen molar-refractivity contribution in [3.05, 3.63) is 35.4 Å². The van der Waals surface area contributed by atoms with E-state index >= 15 is 0 Å². The molecule has 0 bridgehead atoms. The minimum atomic E-state index is -0.0201. The van der Waals surface area contributed by atoms with Crippen molar-refractivity contribution < 1.29 is 4.74 Å². The maximum absolute atomic E-state index is 5.15. The van der Waals surface area contributed by atoms with Gasteiger partial charge in [0, 0.05) is 0 Å². The predicted molar refractivity (Wildman–Crippen MR) is 52.7 cm³/mol. The van der Waals surface area contributed by atoms with E-state index in [0.717, 1.165) is 13.2 Å². The summed E-state index contributed by atoms with van der Waals surface area (Å²) in [6, 6.07) is 8.49. The van der Waals surface area contributed by atoms with Crippen molar-refractivity contribution in [2.24, 2.45) is 0 Å². The molecule has 0 aliphatic carbocycles. The average molecular weight is 180 g/mol. The quantitative estimate of drug-likeness (QED) is 0.651. The Kier molecular flexibility index (Phi) is 1.89. The number of ether oxygens (including phenoxy) is 1. The highest BCUT2D eigenvalue weighted by atomic mass is 32.1. The summed E-state index contributed by atoms with van der Waals surface area (Å²) < 4.78 is 5.13. The fourth-order valence-corrected chi connectivity index (χ4v) is 1.66. The van der Waals surface area contributed by atoms with Crippen molar-refractivity contribution in [1.29, 1.82) is 0 Å². The Morgan fingerprint density at radius 1 is 1.25 bits per heavy atom. The lowest BCUT2D eigenvalue weighted by Gasteiger charge is -2.37. The number of rotatable bonds is 1. The van der Waals surface area contributed by atoms with Crippen molar-refractivity contribution in [3.8, 4) is 0 Å². The summed E-state index contributed by atoms with van der Waals surface area (Å²) in [5.74, 6) is 0. The third-order valence-corrected chi connectivity index (χ3v) is 2.79. The van der Waals surface area contributed by atoms with Crippen LogP contribution in [0.4, 0.5) is 0 Å². The third-order valence-electron chi connectivity index (χ3n) is 2.27. The fraction of sp³-hybridized carbons (Fsp3) is 0.400. The van der Waals surface area contributed by atoms with E-state index in [9.17, 15) is 0 Å². The van der Waals surface area contributed by atoms with Gasteiger partial charge in [0.2, 0.25) is 0 Å². The van der Waals surface area contributed by atoms with Crippen molar-refractivity contribution in [2.45, 2.75) is 11.7 Å². The van der Waals surface area contributed by atoms with Crippen molar-refractivity contribution in [1.82, 2.24) is 0 Å². The fourth-order valence-electron chi connectivity index (χ4n) is 1.33. The molecule has 12 heavy (non-hydrogen) atoms. The second kappa shape index (κ2) is 2.79. The molecule has 0 N–H and O–H groups in total. The lowest BCUT2D eigenvalue weighted by molar-refractivity contribution is -0.00969. The van der Waals surface area contributed by atoms with Crippen molar-refractivity contribution in [2.75, 3.05) is 13.2 Å². The molecular formula is C10H12OS. The maximum atomic E-state index is 5.15. The first-order valence-corrected chi connectivity index (χ1v) is 4.53. The highest BCUT2D eigenvalue weighted by Gasteiger charge is 2.36. The third kappa shape index (κ3) is 1.25. The Hall–Kier alpha value is -0.470. The summed E-state index contributed by atoms with van der Waals surface area (Å²) in [5, 5.41) is 0. The molecule has 1 aromatic rings. The van der Waals surface area contributed by atoms with Gasteiger partial charge in [-0.1, -0.05) is 29.8 Å². The van der Waals surface area contributed by atoms with Gasteiger partial charge in [0.1, 0.15) is 0 Å². The Morgan fingerprint density at radius 3 is 2.25 bits per heavy atom. The van der Waals surface area contributed by atoms with Crippen LogP contribution in [0.25, 0.3) is 0 Å². The molecule has 0 aromatic heterocycles. The first kappa shape index (κ1) is 8.14. The van der Waals surface area contributed by atoms with Crippen LogP contribution >= 0.6 is 12.6 Å². The molecule has 0 saturated carbocycles. The number of hydrogen-bond acceptors (Lipinski definition) is 2. The van der Waals surface area contributed by atoms with Crippen LogP contribution in [-0.4, -0.2) is 13.2 Å². The van der Waals surface area contributed by atoms with Gasteiger partial charge in [0.15, 0.2) is 0 Å². The molecule has 0 spiro atoms. The molecule has 2 rings (SSSR count). The van der Waals surface area contributed by atoms with E-state index in [4.69, 9.17) is 4.74 Å². The molecule has 0 amide bonds. The number of hydrogen-bond donors (Lipinski definition) is 1. The van der Waals surface area contributed by atoms with Crippen LogP contribution in [0.15, 0.2) is 24.3 Å². The van der Waals surface area contributed by atoms with Gasteiger partial charge in [0.05, 0.1) is 18.0 Å². The molecule has 1 aromatic carbocycles. The Balaban J connectivity index is 2.28. The van der Waals surface area contributed by atoms with Gasteiger partial charge in [-0.15, -0.1) is 0 Å². The van der Waals surface area contributed by atoms with E-state index in [-0.39, 0.29) is 4.75 Å². The summed E-state index contributed by atoms with van der Waals surface area (Å²) in [5.41, 5.74) is 2.55. The summed E-state index contributed by atoms with van der Waals surface area (Å²) in [6.07, 6.45) is 0. The molecular weight excluding hydrogens is 168 g/mol. The van der Waals surface area contributed by atoms with Crippen LogP contribution in [0.3, 0.4) is 0 Å². The summed E-state index contributed by atoms with van der Waals surface area (Å²) in [4.78, 5) is 0. The maximum Gasteiger partial charge on any atom is 0.0844 e. The van der Waals surface area contributed by atoms with E-state index in [1.807, 2.05) is 0 Å². The molecule has 1 saturated heterocycles. The Labute approximate surface area is 78.2 Å². The van der Waals surface area contributed by atoms with Crippen LogP contribution in [0.5, 0.6) is 0 Å². The van der Waals surface area contributed by atoms with E-state index < -0.39 is 0 Å². The molecule has 64 valence electrons. The summed E-state index contributed by atoms with van der Waals surface area (Å²) in [7, 11) is 0. The monoisotopic (exact) mass is 180 g/mol. The van der Waals surface area contributed by atoms with E-state index in [1.165, 1.54) is 11.1 Å². The number of thiol groups is 1. The van der Waals surface area contributed by atoms with Gasteiger partial charge in [-0.05, 0) is 12.5 Å². The highest BCUT2D eigenvalue weighted by molar-refractivity contribution is 7.81. The molecule has 0 radical (unpaired) electrons. The Bertz CT molecular complexity index is 274. The number of benzene rings is 1. The van der Waals surface area contributed by atoms with Crippen molar-refractivity contribution >= 4 is 12.6 Å². The average Bonchev–Trinajstić information content (AvgIpc) is 2.02. The van der Waals surface area contributed by atoms with Gasteiger partial charge >= 0.3 is 0 Å². The molecule has 1 nitrogen and oxygen atoms in total. The Morgan fingerprint density at radius 2 is 1.83 bits per heavy atom. The second-order valence-corrected chi connectivity index (χ2v) is 4.25.